The molecule has 0 radical (unpaired) electrons. The summed E-state index contributed by atoms with van der Waals surface area (Å²) in [5.41, 5.74) is 0. The molecule has 106 valence electrons. The van der Waals surface area contributed by atoms with E-state index in [1.165, 1.54) is 6.20 Å². The number of imide groups is 2. The van der Waals surface area contributed by atoms with Crippen molar-refractivity contribution in [3.63, 3.8) is 0 Å². The maximum Gasteiger partial charge on any atom is 0.331 e. The van der Waals surface area contributed by atoms with Crippen LogP contribution < -0.4 is 5.32 Å². The van der Waals surface area contributed by atoms with E-state index in [0.29, 0.717) is 5.76 Å². The van der Waals surface area contributed by atoms with Gasteiger partial charge < -0.3 is 4.52 Å². The second kappa shape index (κ2) is 5.07. The van der Waals surface area contributed by atoms with E-state index in [1.54, 1.807) is 6.07 Å². The van der Waals surface area contributed by atoms with Crippen molar-refractivity contribution < 1.29 is 18.9 Å². The highest BCUT2D eigenvalue weighted by Gasteiger charge is 2.45. The molecule has 20 heavy (non-hydrogen) atoms. The maximum absolute atomic E-state index is 12.4. The maximum atomic E-state index is 12.4. The summed E-state index contributed by atoms with van der Waals surface area (Å²) in [6.45, 7) is 0.00116. The van der Waals surface area contributed by atoms with Crippen molar-refractivity contribution >= 4 is 17.8 Å². The number of aromatic nitrogens is 1. The lowest BCUT2D eigenvalue weighted by Gasteiger charge is -2.32. The molecule has 4 amide bonds. The highest BCUT2D eigenvalue weighted by atomic mass is 16.5. The van der Waals surface area contributed by atoms with Gasteiger partial charge in [-0.1, -0.05) is 18.0 Å². The van der Waals surface area contributed by atoms with Crippen LogP contribution in [0.15, 0.2) is 16.8 Å². The fourth-order valence-corrected chi connectivity index (χ4v) is 2.97. The number of hydrogen-bond acceptors (Lipinski definition) is 5. The van der Waals surface area contributed by atoms with Gasteiger partial charge in [0.05, 0.1) is 12.7 Å². The molecule has 1 aromatic rings. The number of urea groups is 1. The molecule has 7 heteroatoms. The van der Waals surface area contributed by atoms with Crippen LogP contribution in [-0.2, 0) is 16.1 Å². The van der Waals surface area contributed by atoms with Crippen LogP contribution in [0, 0.1) is 11.8 Å². The molecule has 2 fully saturated rings. The summed E-state index contributed by atoms with van der Waals surface area (Å²) in [5.74, 6) is -1.21. The first-order chi connectivity index (χ1) is 9.66. The standard InChI is InChI=1S/C13H15N3O4/c17-11-10(8-3-1-2-4-8)12(18)16(13(19)15-11)7-9-5-6-14-20-9/h5-6,8,10H,1-4,7H2,(H,15,17,19). The predicted octanol–water partition coefficient (Wildman–Crippen LogP) is 1.06. The Kier molecular flexibility index (Phi) is 3.25. The molecule has 1 atom stereocenters. The number of carbonyl (C=O) groups is 3. The van der Waals surface area contributed by atoms with Crippen LogP contribution in [0.1, 0.15) is 31.4 Å². The van der Waals surface area contributed by atoms with Gasteiger partial charge in [-0.05, 0) is 18.8 Å². The summed E-state index contributed by atoms with van der Waals surface area (Å²) >= 11 is 0. The van der Waals surface area contributed by atoms with Gasteiger partial charge in [-0.3, -0.25) is 19.8 Å². The van der Waals surface area contributed by atoms with Gasteiger partial charge in [-0.2, -0.15) is 0 Å². The van der Waals surface area contributed by atoms with Crippen LogP contribution in [0.2, 0.25) is 0 Å². The van der Waals surface area contributed by atoms with Crippen LogP contribution >= 0.6 is 0 Å². The first kappa shape index (κ1) is 12.8. The Labute approximate surface area is 115 Å². The van der Waals surface area contributed by atoms with Crippen molar-refractivity contribution in [3.05, 3.63) is 18.0 Å². The second-order valence-electron chi connectivity index (χ2n) is 5.22. The molecule has 0 spiro atoms. The predicted molar refractivity (Wildman–Crippen MR) is 66.0 cm³/mol. The molecule has 1 saturated heterocycles. The highest BCUT2D eigenvalue weighted by molar-refractivity contribution is 6.16. The van der Waals surface area contributed by atoms with Crippen molar-refractivity contribution in [2.24, 2.45) is 11.8 Å². The normalized spacial score (nSPS) is 24.3. The Bertz CT molecular complexity index is 534. The number of barbiturate groups is 1. The van der Waals surface area contributed by atoms with Gasteiger partial charge in [0, 0.05) is 6.07 Å². The number of nitrogens with one attached hydrogen (secondary N) is 1. The zero-order chi connectivity index (χ0) is 14.1. The van der Waals surface area contributed by atoms with Crippen LogP contribution in [0.25, 0.3) is 0 Å². The zero-order valence-electron chi connectivity index (χ0n) is 10.9. The molecule has 7 nitrogen and oxygen atoms in total. The molecule has 3 rings (SSSR count). The Morgan fingerprint density at radius 3 is 2.70 bits per heavy atom. The lowest BCUT2D eigenvalue weighted by Crippen LogP contribution is -2.58. The third-order valence-corrected chi connectivity index (χ3v) is 3.97. The van der Waals surface area contributed by atoms with Crippen molar-refractivity contribution in [2.75, 3.05) is 0 Å². The molecule has 0 bridgehead atoms. The third-order valence-electron chi connectivity index (χ3n) is 3.97. The molecule has 1 saturated carbocycles. The van der Waals surface area contributed by atoms with E-state index in [1.807, 2.05) is 0 Å². The molecule has 1 N–H and O–H groups in total. The molecule has 1 unspecified atom stereocenters. The molecule has 2 heterocycles. The molecule has 0 aromatic carbocycles. The van der Waals surface area contributed by atoms with Crippen LogP contribution in [0.5, 0.6) is 0 Å². The molecular weight excluding hydrogens is 262 g/mol. The summed E-state index contributed by atoms with van der Waals surface area (Å²) in [6, 6.07) is 0.896. The summed E-state index contributed by atoms with van der Waals surface area (Å²) in [5, 5.41) is 5.80. The third kappa shape index (κ3) is 2.19. The SMILES string of the molecule is O=C1NC(=O)N(Cc2ccno2)C(=O)C1C1CCCC1. The first-order valence-electron chi connectivity index (χ1n) is 6.72. The van der Waals surface area contributed by atoms with Crippen LogP contribution in [0.3, 0.4) is 0 Å². The largest absolute Gasteiger partial charge is 0.359 e. The lowest BCUT2D eigenvalue weighted by molar-refractivity contribution is -0.145. The Morgan fingerprint density at radius 1 is 1.30 bits per heavy atom. The van der Waals surface area contributed by atoms with Crippen molar-refractivity contribution in [3.8, 4) is 0 Å². The Balaban J connectivity index is 1.80. The van der Waals surface area contributed by atoms with E-state index in [-0.39, 0.29) is 12.5 Å². The van der Waals surface area contributed by atoms with E-state index >= 15 is 0 Å². The quantitative estimate of drug-likeness (QED) is 0.834. The number of amides is 4. The lowest BCUT2D eigenvalue weighted by atomic mass is 9.87. The summed E-state index contributed by atoms with van der Waals surface area (Å²) in [6.07, 6.45) is 5.21. The molecule has 1 aliphatic carbocycles. The van der Waals surface area contributed by atoms with Crippen molar-refractivity contribution in [2.45, 2.75) is 32.2 Å². The monoisotopic (exact) mass is 277 g/mol. The van der Waals surface area contributed by atoms with E-state index in [2.05, 4.69) is 10.5 Å². The van der Waals surface area contributed by atoms with Gasteiger partial charge in [0.15, 0.2) is 5.76 Å². The summed E-state index contributed by atoms with van der Waals surface area (Å²) in [4.78, 5) is 37.2. The average molecular weight is 277 g/mol. The molecular formula is C13H15N3O4. The summed E-state index contributed by atoms with van der Waals surface area (Å²) in [7, 11) is 0. The molecule has 2 aliphatic rings. The average Bonchev–Trinajstić information content (AvgIpc) is 3.07. The van der Waals surface area contributed by atoms with Crippen LogP contribution in [-0.4, -0.2) is 27.9 Å². The van der Waals surface area contributed by atoms with Gasteiger partial charge in [-0.25, -0.2) is 4.79 Å². The van der Waals surface area contributed by atoms with E-state index in [0.717, 1.165) is 30.6 Å². The fourth-order valence-electron chi connectivity index (χ4n) is 2.97. The highest BCUT2D eigenvalue weighted by Crippen LogP contribution is 2.34. The minimum atomic E-state index is -0.752. The second-order valence-corrected chi connectivity index (χ2v) is 5.22. The summed E-state index contributed by atoms with van der Waals surface area (Å²) < 4.78 is 4.91. The van der Waals surface area contributed by atoms with Gasteiger partial charge in [0.1, 0.15) is 5.92 Å². The van der Waals surface area contributed by atoms with Gasteiger partial charge in [0.25, 0.3) is 0 Å². The molecule has 1 aliphatic heterocycles. The Morgan fingerprint density at radius 2 is 2.05 bits per heavy atom. The van der Waals surface area contributed by atoms with E-state index in [9.17, 15) is 14.4 Å². The fraction of sp³-hybridized carbons (Fsp3) is 0.538. The topological polar surface area (TPSA) is 92.5 Å². The van der Waals surface area contributed by atoms with Gasteiger partial charge in [-0.15, -0.1) is 0 Å². The van der Waals surface area contributed by atoms with Crippen LogP contribution in [0.4, 0.5) is 4.79 Å². The number of rotatable bonds is 3. The van der Waals surface area contributed by atoms with Gasteiger partial charge >= 0.3 is 6.03 Å². The first-order valence-corrected chi connectivity index (χ1v) is 6.72. The van der Waals surface area contributed by atoms with Crippen molar-refractivity contribution in [1.82, 2.24) is 15.4 Å². The smallest absolute Gasteiger partial charge is 0.331 e. The van der Waals surface area contributed by atoms with Crippen molar-refractivity contribution in [1.29, 1.82) is 0 Å². The number of carbonyl (C=O) groups excluding carboxylic acids is 3. The van der Waals surface area contributed by atoms with E-state index < -0.39 is 23.8 Å². The number of hydrogen-bond donors (Lipinski definition) is 1. The van der Waals surface area contributed by atoms with Gasteiger partial charge in [0.2, 0.25) is 11.8 Å². The Hall–Kier alpha value is -2.18. The number of nitrogens with zero attached hydrogens (tertiary/aromatic N) is 2. The van der Waals surface area contributed by atoms with E-state index in [4.69, 9.17) is 4.52 Å². The minimum absolute atomic E-state index is 0.00116. The molecule has 1 aromatic heterocycles. The zero-order valence-corrected chi connectivity index (χ0v) is 10.9. The minimum Gasteiger partial charge on any atom is -0.359 e.